The molecule has 0 bridgehead atoms. The van der Waals surface area contributed by atoms with Crippen LogP contribution in [-0.2, 0) is 9.47 Å². The molecule has 2 saturated heterocycles. The molecule has 246 valence electrons. The minimum atomic E-state index is -0.545. The summed E-state index contributed by atoms with van der Waals surface area (Å²) in [5, 5.41) is 0. The number of carbonyl (C=O) groups is 2. The number of likely N-dealkylation sites (tertiary alicyclic amines) is 2. The number of nitrogens with zero attached hydrogens (tertiary/aromatic N) is 4. The monoisotopic (exact) mass is 644 g/mol. The van der Waals surface area contributed by atoms with E-state index in [9.17, 15) is 9.59 Å². The van der Waals surface area contributed by atoms with Crippen LogP contribution < -0.4 is 0 Å². The Kier molecular flexibility index (Phi) is 6.82. The van der Waals surface area contributed by atoms with Gasteiger partial charge in [-0.1, -0.05) is 11.8 Å². The van der Waals surface area contributed by atoms with Crippen LogP contribution in [0.2, 0.25) is 0 Å². The number of piperidine rings is 2. The summed E-state index contributed by atoms with van der Waals surface area (Å²) in [5.41, 5.74) is 3.95. The maximum atomic E-state index is 13.0. The number of nitrogens with one attached hydrogen (secondary N) is 2. The van der Waals surface area contributed by atoms with E-state index in [0.29, 0.717) is 11.8 Å². The Balaban J connectivity index is 0.962. The fraction of sp³-hybridized carbons (Fsp3) is 0.474. The lowest BCUT2D eigenvalue weighted by molar-refractivity contribution is 0.0164. The lowest BCUT2D eigenvalue weighted by Crippen LogP contribution is -2.38. The van der Waals surface area contributed by atoms with Crippen LogP contribution in [0.3, 0.4) is 0 Å². The van der Waals surface area contributed by atoms with E-state index in [2.05, 4.69) is 33.6 Å². The van der Waals surface area contributed by atoms with E-state index in [1.165, 1.54) is 0 Å². The standard InChI is InChI=1S/C38H40N6O4/c1-37(2,3)47-35(45)43-29-17-23(29)19-31(43)33-39-25-13-11-21(15-27(25)41-33)9-7-8-10-22-12-14-26-28(16-22)42-34(40-26)32-20-24-18-30(24)44(32)36(46)48-38(4,5)6/h11-16,23-24,29-32H,17-20H2,1-6H3,(H,39,41)(H,40,42)/t23-,24-,29-,30-,31+,32+/m1/s1. The van der Waals surface area contributed by atoms with E-state index < -0.39 is 11.2 Å². The number of hydrogen-bond donors (Lipinski definition) is 2. The number of hydrogen-bond acceptors (Lipinski definition) is 6. The molecular formula is C38H40N6O4. The van der Waals surface area contributed by atoms with Gasteiger partial charge in [-0.15, -0.1) is 0 Å². The Morgan fingerprint density at radius 3 is 1.50 bits per heavy atom. The van der Waals surface area contributed by atoms with Gasteiger partial charge in [0, 0.05) is 23.2 Å². The largest absolute Gasteiger partial charge is 0.444 e. The van der Waals surface area contributed by atoms with Crippen molar-refractivity contribution in [3.8, 4) is 23.7 Å². The Morgan fingerprint density at radius 1 is 0.688 bits per heavy atom. The Hall–Kier alpha value is -4.96. The van der Waals surface area contributed by atoms with Gasteiger partial charge in [0.05, 0.1) is 34.2 Å². The maximum absolute atomic E-state index is 13.0. The minimum Gasteiger partial charge on any atom is -0.444 e. The van der Waals surface area contributed by atoms with Crippen molar-refractivity contribution >= 4 is 34.3 Å². The summed E-state index contributed by atoms with van der Waals surface area (Å²) < 4.78 is 11.4. The molecule has 0 spiro atoms. The highest BCUT2D eigenvalue weighted by Crippen LogP contribution is 2.54. The molecule has 4 heterocycles. The van der Waals surface area contributed by atoms with Crippen LogP contribution in [0.1, 0.15) is 102 Å². The normalized spacial score (nSPS) is 25.5. The zero-order valence-corrected chi connectivity index (χ0v) is 28.2. The van der Waals surface area contributed by atoms with Gasteiger partial charge in [0.2, 0.25) is 0 Å². The molecule has 48 heavy (non-hydrogen) atoms. The molecule has 8 rings (SSSR count). The average molecular weight is 645 g/mol. The third-order valence-corrected chi connectivity index (χ3v) is 9.53. The second-order valence-corrected chi connectivity index (χ2v) is 15.6. The summed E-state index contributed by atoms with van der Waals surface area (Å²) in [4.78, 5) is 46.4. The van der Waals surface area contributed by atoms with E-state index in [-0.39, 0.29) is 36.4 Å². The predicted molar refractivity (Wildman–Crippen MR) is 181 cm³/mol. The smallest absolute Gasteiger partial charge is 0.411 e. The molecule has 0 unspecified atom stereocenters. The van der Waals surface area contributed by atoms with Gasteiger partial charge in [-0.05, 0) is 127 Å². The highest BCUT2D eigenvalue weighted by atomic mass is 16.6. The van der Waals surface area contributed by atoms with Crippen molar-refractivity contribution in [1.29, 1.82) is 0 Å². The molecule has 2 aliphatic heterocycles. The molecular weight excluding hydrogens is 604 g/mol. The SMILES string of the molecule is CC(C)(C)OC(=O)N1[C@@H]2C[C@@H]2C[C@H]1c1nc2cc(C#CC#Cc3ccc4[nH]c([C@@H]5C[C@H]6C[C@H]6N5C(=O)OC(C)(C)C)nc4c3)ccc2[nH]1. The molecule has 2 aromatic carbocycles. The van der Waals surface area contributed by atoms with Crippen molar-refractivity contribution in [1.82, 2.24) is 29.7 Å². The van der Waals surface area contributed by atoms with E-state index in [1.54, 1.807) is 0 Å². The zero-order chi connectivity index (χ0) is 33.5. The Morgan fingerprint density at radius 2 is 1.10 bits per heavy atom. The first-order valence-electron chi connectivity index (χ1n) is 16.8. The van der Waals surface area contributed by atoms with Crippen molar-refractivity contribution in [3.63, 3.8) is 0 Å². The molecule has 6 atom stereocenters. The zero-order valence-electron chi connectivity index (χ0n) is 28.2. The molecule has 4 aliphatic rings. The minimum absolute atomic E-state index is 0.118. The topological polar surface area (TPSA) is 116 Å². The van der Waals surface area contributed by atoms with Crippen LogP contribution in [0.4, 0.5) is 9.59 Å². The van der Waals surface area contributed by atoms with Gasteiger partial charge in [-0.2, -0.15) is 0 Å². The van der Waals surface area contributed by atoms with Gasteiger partial charge in [-0.25, -0.2) is 19.6 Å². The second-order valence-electron chi connectivity index (χ2n) is 15.6. The number of imidazole rings is 2. The molecule has 2 aromatic heterocycles. The van der Waals surface area contributed by atoms with Crippen LogP contribution in [0, 0.1) is 35.5 Å². The first-order valence-corrected chi connectivity index (χ1v) is 16.8. The number of aromatic nitrogens is 4. The summed E-state index contributed by atoms with van der Waals surface area (Å²) in [6, 6.07) is 12.0. The molecule has 4 fully saturated rings. The van der Waals surface area contributed by atoms with Crippen molar-refractivity contribution in [2.45, 2.75) is 103 Å². The van der Waals surface area contributed by atoms with E-state index in [0.717, 1.165) is 70.5 Å². The van der Waals surface area contributed by atoms with Crippen LogP contribution in [0.5, 0.6) is 0 Å². The number of H-pyrrole nitrogens is 2. The van der Waals surface area contributed by atoms with Crippen molar-refractivity contribution < 1.29 is 19.1 Å². The molecule has 2 aliphatic carbocycles. The molecule has 10 heteroatoms. The molecule has 2 N–H and O–H groups in total. The van der Waals surface area contributed by atoms with Gasteiger partial charge < -0.3 is 19.4 Å². The number of fused-ring (bicyclic) bond motifs is 4. The Bertz CT molecular complexity index is 1940. The van der Waals surface area contributed by atoms with Crippen molar-refractivity contribution in [2.75, 3.05) is 0 Å². The second kappa shape index (κ2) is 10.8. The maximum Gasteiger partial charge on any atom is 0.411 e. The summed E-state index contributed by atoms with van der Waals surface area (Å²) in [5.74, 6) is 14.8. The number of rotatable bonds is 2. The van der Waals surface area contributed by atoms with Crippen molar-refractivity contribution in [2.24, 2.45) is 11.8 Å². The number of carbonyl (C=O) groups excluding carboxylic acids is 2. The molecule has 0 radical (unpaired) electrons. The van der Waals surface area contributed by atoms with Crippen molar-refractivity contribution in [3.05, 3.63) is 59.2 Å². The van der Waals surface area contributed by atoms with Gasteiger partial charge in [0.25, 0.3) is 0 Å². The Labute approximate surface area is 280 Å². The molecule has 4 aromatic rings. The van der Waals surface area contributed by atoms with Gasteiger partial charge in [0.1, 0.15) is 22.9 Å². The quantitative estimate of drug-likeness (QED) is 0.228. The van der Waals surface area contributed by atoms with Crippen LogP contribution >= 0.6 is 0 Å². The van der Waals surface area contributed by atoms with Gasteiger partial charge in [0.15, 0.2) is 0 Å². The number of aromatic amines is 2. The van der Waals surface area contributed by atoms with Crippen LogP contribution in [-0.4, -0.2) is 65.2 Å². The lowest BCUT2D eigenvalue weighted by atomic mass is 10.1. The predicted octanol–water partition coefficient (Wildman–Crippen LogP) is 6.98. The summed E-state index contributed by atoms with van der Waals surface area (Å²) in [6.45, 7) is 11.4. The highest BCUT2D eigenvalue weighted by Gasteiger charge is 2.57. The lowest BCUT2D eigenvalue weighted by Gasteiger charge is -2.29. The van der Waals surface area contributed by atoms with Gasteiger partial charge in [-0.3, -0.25) is 9.80 Å². The third-order valence-electron chi connectivity index (χ3n) is 9.53. The summed E-state index contributed by atoms with van der Waals surface area (Å²) >= 11 is 0. The van der Waals surface area contributed by atoms with Gasteiger partial charge >= 0.3 is 12.2 Å². The number of amides is 2. The first kappa shape index (κ1) is 30.4. The van der Waals surface area contributed by atoms with Crippen LogP contribution in [0.25, 0.3) is 22.1 Å². The number of benzene rings is 2. The van der Waals surface area contributed by atoms with E-state index in [1.807, 2.05) is 87.7 Å². The number of ether oxygens (including phenoxy) is 2. The van der Waals surface area contributed by atoms with E-state index >= 15 is 0 Å². The summed E-state index contributed by atoms with van der Waals surface area (Å²) in [6.07, 6.45) is 3.30. The highest BCUT2D eigenvalue weighted by molar-refractivity contribution is 5.79. The summed E-state index contributed by atoms with van der Waals surface area (Å²) in [7, 11) is 0. The average Bonchev–Trinajstić information content (AvgIpc) is 3.65. The fourth-order valence-electron chi connectivity index (χ4n) is 7.28. The van der Waals surface area contributed by atoms with Crippen LogP contribution in [0.15, 0.2) is 36.4 Å². The molecule has 2 amide bonds. The fourth-order valence-corrected chi connectivity index (χ4v) is 7.28. The first-order chi connectivity index (χ1) is 22.8. The van der Waals surface area contributed by atoms with E-state index in [4.69, 9.17) is 19.4 Å². The molecule has 2 saturated carbocycles. The molecule has 10 nitrogen and oxygen atoms in total. The third kappa shape index (κ3) is 5.85.